The molecule has 82 valence electrons. The Morgan fingerprint density at radius 1 is 1.57 bits per heavy atom. The van der Waals surface area contributed by atoms with Gasteiger partial charge in [-0.1, -0.05) is 12.8 Å². The Hall–Kier alpha value is -0.570. The van der Waals surface area contributed by atoms with E-state index in [9.17, 15) is 9.90 Å². The normalized spacial score (nSPS) is 35.0. The second-order valence-electron chi connectivity index (χ2n) is 4.69. The molecule has 3 atom stereocenters. The Kier molecular flexibility index (Phi) is 3.53. The lowest BCUT2D eigenvalue weighted by atomic mass is 9.71. The summed E-state index contributed by atoms with van der Waals surface area (Å²) < 4.78 is 0. The molecule has 0 aromatic heterocycles. The standard InChI is InChI=1S/C11H21NO2/c1-8(13)10-6-4-5-7-11(10,3)12-9(2)14/h8,10,13H,4-7H2,1-3H3,(H,12,14). The zero-order valence-corrected chi connectivity index (χ0v) is 9.34. The Bertz CT molecular complexity index is 215. The van der Waals surface area contributed by atoms with Crippen LogP contribution in [-0.4, -0.2) is 22.7 Å². The molecule has 0 bridgehead atoms. The minimum atomic E-state index is -0.341. The number of nitrogens with one attached hydrogen (secondary N) is 1. The Labute approximate surface area is 85.9 Å². The largest absolute Gasteiger partial charge is 0.393 e. The Morgan fingerprint density at radius 3 is 2.71 bits per heavy atom. The molecule has 3 nitrogen and oxygen atoms in total. The zero-order valence-electron chi connectivity index (χ0n) is 9.34. The third-order valence-electron chi connectivity index (χ3n) is 3.32. The van der Waals surface area contributed by atoms with Crippen molar-refractivity contribution >= 4 is 5.91 Å². The number of hydrogen-bond acceptors (Lipinski definition) is 2. The zero-order chi connectivity index (χ0) is 10.8. The molecule has 14 heavy (non-hydrogen) atoms. The maximum Gasteiger partial charge on any atom is 0.217 e. The highest BCUT2D eigenvalue weighted by molar-refractivity contribution is 5.73. The molecule has 0 saturated heterocycles. The highest BCUT2D eigenvalue weighted by atomic mass is 16.3. The fraction of sp³-hybridized carbons (Fsp3) is 0.909. The molecule has 2 N–H and O–H groups in total. The minimum absolute atomic E-state index is 0.0000463. The third kappa shape index (κ3) is 2.47. The van der Waals surface area contributed by atoms with Gasteiger partial charge < -0.3 is 10.4 Å². The first-order valence-corrected chi connectivity index (χ1v) is 5.42. The summed E-state index contributed by atoms with van der Waals surface area (Å²) in [5.74, 6) is 0.195. The molecule has 3 heteroatoms. The highest BCUT2D eigenvalue weighted by Gasteiger charge is 2.39. The van der Waals surface area contributed by atoms with Gasteiger partial charge in [0.25, 0.3) is 0 Å². The summed E-state index contributed by atoms with van der Waals surface area (Å²) in [6.07, 6.45) is 3.94. The number of aliphatic hydroxyl groups is 1. The summed E-state index contributed by atoms with van der Waals surface area (Å²) in [4.78, 5) is 11.1. The molecule has 0 radical (unpaired) electrons. The van der Waals surface area contributed by atoms with Gasteiger partial charge in [0.1, 0.15) is 0 Å². The lowest BCUT2D eigenvalue weighted by molar-refractivity contribution is -0.122. The van der Waals surface area contributed by atoms with Gasteiger partial charge in [-0.2, -0.15) is 0 Å². The van der Waals surface area contributed by atoms with Crippen molar-refractivity contribution in [3.63, 3.8) is 0 Å². The minimum Gasteiger partial charge on any atom is -0.393 e. The van der Waals surface area contributed by atoms with Crippen LogP contribution in [0.3, 0.4) is 0 Å². The summed E-state index contributed by atoms with van der Waals surface area (Å²) in [5.41, 5.74) is -0.210. The van der Waals surface area contributed by atoms with Gasteiger partial charge in [-0.05, 0) is 26.7 Å². The Balaban J connectivity index is 2.73. The van der Waals surface area contributed by atoms with Crippen LogP contribution >= 0.6 is 0 Å². The van der Waals surface area contributed by atoms with Crippen LogP contribution in [0.2, 0.25) is 0 Å². The maximum absolute atomic E-state index is 11.1. The molecule has 0 aliphatic heterocycles. The van der Waals surface area contributed by atoms with Crippen molar-refractivity contribution in [1.29, 1.82) is 0 Å². The van der Waals surface area contributed by atoms with Crippen molar-refractivity contribution in [3.05, 3.63) is 0 Å². The van der Waals surface area contributed by atoms with E-state index in [2.05, 4.69) is 5.32 Å². The van der Waals surface area contributed by atoms with Crippen molar-refractivity contribution in [2.24, 2.45) is 5.92 Å². The first-order valence-electron chi connectivity index (χ1n) is 5.42. The summed E-state index contributed by atoms with van der Waals surface area (Å²) in [7, 11) is 0. The lowest BCUT2D eigenvalue weighted by Gasteiger charge is -2.43. The van der Waals surface area contributed by atoms with Crippen LogP contribution in [0.4, 0.5) is 0 Å². The smallest absolute Gasteiger partial charge is 0.217 e. The van der Waals surface area contributed by atoms with Gasteiger partial charge in [0, 0.05) is 18.4 Å². The van der Waals surface area contributed by atoms with Crippen molar-refractivity contribution < 1.29 is 9.90 Å². The molecule has 1 aliphatic carbocycles. The number of carbonyl (C=O) groups excluding carboxylic acids is 1. The number of hydrogen-bond donors (Lipinski definition) is 2. The van der Waals surface area contributed by atoms with E-state index in [1.807, 2.05) is 13.8 Å². The van der Waals surface area contributed by atoms with E-state index in [4.69, 9.17) is 0 Å². The van der Waals surface area contributed by atoms with Crippen molar-refractivity contribution in [1.82, 2.24) is 5.32 Å². The molecule has 1 rings (SSSR count). The fourth-order valence-electron chi connectivity index (χ4n) is 2.69. The number of carbonyl (C=O) groups is 1. The van der Waals surface area contributed by atoms with Crippen molar-refractivity contribution in [3.8, 4) is 0 Å². The first-order chi connectivity index (χ1) is 6.46. The van der Waals surface area contributed by atoms with Gasteiger partial charge >= 0.3 is 0 Å². The molecule has 1 saturated carbocycles. The second kappa shape index (κ2) is 4.30. The van der Waals surface area contributed by atoms with E-state index in [1.54, 1.807) is 6.92 Å². The molecule has 0 aromatic carbocycles. The molecule has 0 spiro atoms. The predicted molar refractivity (Wildman–Crippen MR) is 55.9 cm³/mol. The topological polar surface area (TPSA) is 49.3 Å². The van der Waals surface area contributed by atoms with Crippen LogP contribution in [0.25, 0.3) is 0 Å². The van der Waals surface area contributed by atoms with E-state index >= 15 is 0 Å². The van der Waals surface area contributed by atoms with Gasteiger partial charge in [-0.15, -0.1) is 0 Å². The monoisotopic (exact) mass is 199 g/mol. The molecule has 1 aliphatic rings. The van der Waals surface area contributed by atoms with E-state index < -0.39 is 0 Å². The van der Waals surface area contributed by atoms with Crippen LogP contribution in [0, 0.1) is 5.92 Å². The summed E-state index contributed by atoms with van der Waals surface area (Å²) >= 11 is 0. The molecular formula is C11H21NO2. The molecular weight excluding hydrogens is 178 g/mol. The van der Waals surface area contributed by atoms with Gasteiger partial charge in [0.2, 0.25) is 5.91 Å². The molecule has 1 fully saturated rings. The van der Waals surface area contributed by atoms with Gasteiger partial charge in [0.15, 0.2) is 0 Å². The van der Waals surface area contributed by atoms with E-state index in [1.165, 1.54) is 0 Å². The third-order valence-corrected chi connectivity index (χ3v) is 3.32. The van der Waals surface area contributed by atoms with E-state index in [-0.39, 0.29) is 23.5 Å². The summed E-state index contributed by atoms with van der Waals surface area (Å²) in [6, 6.07) is 0. The summed E-state index contributed by atoms with van der Waals surface area (Å²) in [6.45, 7) is 5.40. The average Bonchev–Trinajstić information content (AvgIpc) is 2.01. The summed E-state index contributed by atoms with van der Waals surface area (Å²) in [5, 5.41) is 12.7. The van der Waals surface area contributed by atoms with Gasteiger partial charge in [-0.25, -0.2) is 0 Å². The van der Waals surface area contributed by atoms with Crippen molar-refractivity contribution in [2.45, 2.75) is 58.1 Å². The van der Waals surface area contributed by atoms with Crippen LogP contribution < -0.4 is 5.32 Å². The SMILES string of the molecule is CC(=O)NC1(C)CCCCC1C(C)O. The van der Waals surface area contributed by atoms with Gasteiger partial charge in [0.05, 0.1) is 6.10 Å². The highest BCUT2D eigenvalue weighted by Crippen LogP contribution is 2.35. The number of aliphatic hydroxyl groups excluding tert-OH is 1. The quantitative estimate of drug-likeness (QED) is 0.707. The number of rotatable bonds is 2. The van der Waals surface area contributed by atoms with Crippen molar-refractivity contribution in [2.75, 3.05) is 0 Å². The molecule has 0 heterocycles. The Morgan fingerprint density at radius 2 is 2.21 bits per heavy atom. The lowest BCUT2D eigenvalue weighted by Crippen LogP contribution is -2.55. The number of amides is 1. The van der Waals surface area contributed by atoms with E-state index in [0.29, 0.717) is 0 Å². The van der Waals surface area contributed by atoms with Crippen LogP contribution in [0.15, 0.2) is 0 Å². The van der Waals surface area contributed by atoms with Gasteiger partial charge in [-0.3, -0.25) is 4.79 Å². The molecule has 0 aromatic rings. The van der Waals surface area contributed by atoms with Crippen LogP contribution in [0.5, 0.6) is 0 Å². The maximum atomic E-state index is 11.1. The average molecular weight is 199 g/mol. The van der Waals surface area contributed by atoms with E-state index in [0.717, 1.165) is 25.7 Å². The second-order valence-corrected chi connectivity index (χ2v) is 4.69. The fourth-order valence-corrected chi connectivity index (χ4v) is 2.69. The van der Waals surface area contributed by atoms with Crippen LogP contribution in [-0.2, 0) is 4.79 Å². The van der Waals surface area contributed by atoms with Crippen LogP contribution in [0.1, 0.15) is 46.5 Å². The molecule has 3 unspecified atom stereocenters. The molecule has 1 amide bonds. The first kappa shape index (κ1) is 11.5. The predicted octanol–water partition coefficient (Wildman–Crippen LogP) is 1.45.